The summed E-state index contributed by atoms with van der Waals surface area (Å²) in [7, 11) is 0. The highest BCUT2D eigenvalue weighted by atomic mass is 16.5. The SMILES string of the molecule is C#CCn1c(=O)[nH]nc(C2CCCO2)c1=O. The predicted molar refractivity (Wildman–Crippen MR) is 55.9 cm³/mol. The average Bonchev–Trinajstić information content (AvgIpc) is 2.77. The van der Waals surface area contributed by atoms with E-state index in [0.717, 1.165) is 17.4 Å². The van der Waals surface area contributed by atoms with E-state index in [1.165, 1.54) is 0 Å². The number of nitrogens with zero attached hydrogens (tertiary/aromatic N) is 2. The highest BCUT2D eigenvalue weighted by molar-refractivity contribution is 5.02. The van der Waals surface area contributed by atoms with E-state index >= 15 is 0 Å². The van der Waals surface area contributed by atoms with Gasteiger partial charge in [-0.15, -0.1) is 6.42 Å². The Kier molecular flexibility index (Phi) is 2.88. The van der Waals surface area contributed by atoms with Gasteiger partial charge in [-0.1, -0.05) is 5.92 Å². The molecule has 0 saturated carbocycles. The second-order valence-electron chi connectivity index (χ2n) is 3.51. The summed E-state index contributed by atoms with van der Waals surface area (Å²) in [6, 6.07) is 0. The first-order valence-corrected chi connectivity index (χ1v) is 4.98. The molecule has 0 aliphatic carbocycles. The molecule has 1 aliphatic rings. The Morgan fingerprint density at radius 1 is 1.62 bits per heavy atom. The third-order valence-electron chi connectivity index (χ3n) is 2.47. The molecule has 1 aromatic rings. The second-order valence-corrected chi connectivity index (χ2v) is 3.51. The Morgan fingerprint density at radius 3 is 3.06 bits per heavy atom. The van der Waals surface area contributed by atoms with Gasteiger partial charge in [0.15, 0.2) is 5.69 Å². The van der Waals surface area contributed by atoms with Crippen LogP contribution in [0.4, 0.5) is 0 Å². The molecule has 0 bridgehead atoms. The third-order valence-corrected chi connectivity index (χ3v) is 2.47. The minimum absolute atomic E-state index is 0.0591. The maximum Gasteiger partial charge on any atom is 0.345 e. The first kappa shape index (κ1) is 10.6. The minimum atomic E-state index is -0.593. The van der Waals surface area contributed by atoms with Crippen molar-refractivity contribution in [2.45, 2.75) is 25.5 Å². The zero-order valence-electron chi connectivity index (χ0n) is 8.60. The summed E-state index contributed by atoms with van der Waals surface area (Å²) in [6.45, 7) is 0.552. The molecule has 2 heterocycles. The molecule has 16 heavy (non-hydrogen) atoms. The molecule has 1 aliphatic heterocycles. The molecule has 84 valence electrons. The first-order chi connectivity index (χ1) is 7.74. The van der Waals surface area contributed by atoms with E-state index in [-0.39, 0.29) is 18.3 Å². The van der Waals surface area contributed by atoms with Crippen LogP contribution in [0.3, 0.4) is 0 Å². The van der Waals surface area contributed by atoms with Gasteiger partial charge in [-0.05, 0) is 12.8 Å². The fraction of sp³-hybridized carbons (Fsp3) is 0.500. The van der Waals surface area contributed by atoms with Crippen molar-refractivity contribution in [3.05, 3.63) is 26.5 Å². The summed E-state index contributed by atoms with van der Waals surface area (Å²) in [5, 5.41) is 5.99. The molecular weight excluding hydrogens is 210 g/mol. The molecule has 6 heteroatoms. The van der Waals surface area contributed by atoms with Crippen molar-refractivity contribution >= 4 is 0 Å². The van der Waals surface area contributed by atoms with Gasteiger partial charge in [0.05, 0.1) is 6.54 Å². The Bertz CT molecular complexity index is 531. The quantitative estimate of drug-likeness (QED) is 0.677. The zero-order chi connectivity index (χ0) is 11.5. The lowest BCUT2D eigenvalue weighted by Gasteiger charge is -2.08. The number of hydrogen-bond donors (Lipinski definition) is 1. The van der Waals surface area contributed by atoms with Crippen molar-refractivity contribution in [2.24, 2.45) is 0 Å². The van der Waals surface area contributed by atoms with Gasteiger partial charge in [-0.3, -0.25) is 4.79 Å². The zero-order valence-corrected chi connectivity index (χ0v) is 8.60. The number of aromatic amines is 1. The summed E-state index contributed by atoms with van der Waals surface area (Å²) in [6.07, 6.45) is 6.39. The van der Waals surface area contributed by atoms with Crippen LogP contribution in [0.1, 0.15) is 24.6 Å². The van der Waals surface area contributed by atoms with Crippen molar-refractivity contribution in [3.63, 3.8) is 0 Å². The molecule has 0 radical (unpaired) electrons. The van der Waals surface area contributed by atoms with E-state index in [1.54, 1.807) is 0 Å². The van der Waals surface area contributed by atoms with Gasteiger partial charge in [0, 0.05) is 6.61 Å². The summed E-state index contributed by atoms with van der Waals surface area (Å²) < 4.78 is 6.29. The first-order valence-electron chi connectivity index (χ1n) is 4.98. The van der Waals surface area contributed by atoms with Gasteiger partial charge in [-0.2, -0.15) is 5.10 Å². The summed E-state index contributed by atoms with van der Waals surface area (Å²) in [5.41, 5.74) is -0.828. The molecule has 0 spiro atoms. The van der Waals surface area contributed by atoms with Crippen molar-refractivity contribution in [3.8, 4) is 12.3 Å². The summed E-state index contributed by atoms with van der Waals surface area (Å²) >= 11 is 0. The van der Waals surface area contributed by atoms with E-state index in [9.17, 15) is 9.59 Å². The number of rotatable bonds is 2. The molecule has 1 atom stereocenters. The fourth-order valence-corrected chi connectivity index (χ4v) is 1.68. The van der Waals surface area contributed by atoms with E-state index in [4.69, 9.17) is 11.2 Å². The predicted octanol–water partition coefficient (Wildman–Crippen LogP) is -0.584. The number of hydrogen-bond acceptors (Lipinski definition) is 4. The molecule has 1 saturated heterocycles. The van der Waals surface area contributed by atoms with Crippen LogP contribution >= 0.6 is 0 Å². The van der Waals surface area contributed by atoms with E-state index < -0.39 is 11.2 Å². The Hall–Kier alpha value is -1.87. The topological polar surface area (TPSA) is 77.0 Å². The lowest BCUT2D eigenvalue weighted by Crippen LogP contribution is -2.39. The highest BCUT2D eigenvalue weighted by Crippen LogP contribution is 2.23. The lowest BCUT2D eigenvalue weighted by atomic mass is 10.2. The van der Waals surface area contributed by atoms with Gasteiger partial charge in [0.2, 0.25) is 0 Å². The van der Waals surface area contributed by atoms with E-state index in [1.807, 2.05) is 0 Å². The normalized spacial score (nSPS) is 19.6. The lowest BCUT2D eigenvalue weighted by molar-refractivity contribution is 0.106. The van der Waals surface area contributed by atoms with E-state index in [2.05, 4.69) is 16.1 Å². The van der Waals surface area contributed by atoms with Crippen LogP contribution in [0.25, 0.3) is 0 Å². The molecule has 1 N–H and O–H groups in total. The number of H-pyrrole nitrogens is 1. The maximum atomic E-state index is 11.9. The van der Waals surface area contributed by atoms with Crippen molar-refractivity contribution in [1.82, 2.24) is 14.8 Å². The fourth-order valence-electron chi connectivity index (χ4n) is 1.68. The van der Waals surface area contributed by atoms with Crippen LogP contribution in [-0.2, 0) is 11.3 Å². The van der Waals surface area contributed by atoms with Gasteiger partial charge < -0.3 is 4.74 Å². The molecule has 6 nitrogen and oxygen atoms in total. The van der Waals surface area contributed by atoms with Gasteiger partial charge in [0.1, 0.15) is 6.10 Å². The minimum Gasteiger partial charge on any atom is -0.372 e. The summed E-state index contributed by atoms with van der Waals surface area (Å²) in [4.78, 5) is 23.2. The Morgan fingerprint density at radius 2 is 2.44 bits per heavy atom. The van der Waals surface area contributed by atoms with Crippen LogP contribution in [0.2, 0.25) is 0 Å². The largest absolute Gasteiger partial charge is 0.372 e. The van der Waals surface area contributed by atoms with Crippen LogP contribution in [-0.4, -0.2) is 21.4 Å². The second kappa shape index (κ2) is 4.33. The third kappa shape index (κ3) is 1.77. The van der Waals surface area contributed by atoms with Gasteiger partial charge >= 0.3 is 5.69 Å². The molecule has 0 amide bonds. The monoisotopic (exact) mass is 221 g/mol. The van der Waals surface area contributed by atoms with Crippen LogP contribution < -0.4 is 11.2 Å². The number of aromatic nitrogens is 3. The molecule has 1 unspecified atom stereocenters. The van der Waals surface area contributed by atoms with Crippen molar-refractivity contribution in [1.29, 1.82) is 0 Å². The van der Waals surface area contributed by atoms with Crippen molar-refractivity contribution in [2.75, 3.05) is 6.61 Å². The molecular formula is C10H11N3O3. The number of nitrogens with one attached hydrogen (secondary N) is 1. The number of terminal acetylenes is 1. The molecule has 1 fully saturated rings. The van der Waals surface area contributed by atoms with Gasteiger partial charge in [-0.25, -0.2) is 14.5 Å². The van der Waals surface area contributed by atoms with Crippen molar-refractivity contribution < 1.29 is 4.74 Å². The Labute approximate surface area is 91.3 Å². The molecule has 0 aromatic carbocycles. The Balaban J connectivity index is 2.48. The molecule has 2 rings (SSSR count). The van der Waals surface area contributed by atoms with E-state index in [0.29, 0.717) is 6.61 Å². The number of ether oxygens (including phenoxy) is 1. The van der Waals surface area contributed by atoms with Crippen LogP contribution in [0, 0.1) is 12.3 Å². The molecule has 1 aromatic heterocycles. The highest BCUT2D eigenvalue weighted by Gasteiger charge is 2.23. The summed E-state index contributed by atoms with van der Waals surface area (Å²) in [5.74, 6) is 2.26. The standard InChI is InChI=1S/C10H11N3O3/c1-2-5-13-9(14)8(11-12-10(13)15)7-4-3-6-16-7/h1,7H,3-6H2,(H,12,15). The van der Waals surface area contributed by atoms with Crippen LogP contribution in [0.15, 0.2) is 9.59 Å². The average molecular weight is 221 g/mol. The maximum absolute atomic E-state index is 11.9. The van der Waals surface area contributed by atoms with Crippen LogP contribution in [0.5, 0.6) is 0 Å². The van der Waals surface area contributed by atoms with Gasteiger partial charge in [0.25, 0.3) is 5.56 Å². The smallest absolute Gasteiger partial charge is 0.345 e.